The molecule has 14 heteroatoms. The summed E-state index contributed by atoms with van der Waals surface area (Å²) in [5.74, 6) is -0.653. The van der Waals surface area contributed by atoms with Gasteiger partial charge < -0.3 is 15.2 Å². The highest BCUT2D eigenvalue weighted by molar-refractivity contribution is 7.93. The van der Waals surface area contributed by atoms with Gasteiger partial charge in [-0.1, -0.05) is 74.4 Å². The number of aromatic nitrogens is 2. The number of amides is 2. The fourth-order valence-corrected chi connectivity index (χ4v) is 8.55. The molecule has 0 spiro atoms. The van der Waals surface area contributed by atoms with Gasteiger partial charge in [-0.2, -0.15) is 0 Å². The average Bonchev–Trinajstić information content (AvgIpc) is 3.44. The first-order valence-corrected chi connectivity index (χ1v) is 19.2. The summed E-state index contributed by atoms with van der Waals surface area (Å²) in [6.07, 6.45) is 0. The molecule has 0 bridgehead atoms. The molecular formula is C31H54N4O7S3. The number of nitrogens with zero attached hydrogens (tertiary/aromatic N) is 2. The van der Waals surface area contributed by atoms with Gasteiger partial charge in [0.25, 0.3) is 0 Å². The first kappa shape index (κ1) is 40.7. The first-order chi connectivity index (χ1) is 20.1. The van der Waals surface area contributed by atoms with Crippen molar-refractivity contribution < 1.29 is 30.9 Å². The van der Waals surface area contributed by atoms with Crippen LogP contribution in [0, 0.1) is 18.8 Å². The van der Waals surface area contributed by atoms with Crippen molar-refractivity contribution in [2.24, 2.45) is 11.8 Å². The molecule has 0 aliphatic heterocycles. The number of hydrogen-bond donors (Lipinski definition) is 2. The maximum atomic E-state index is 12.6. The van der Waals surface area contributed by atoms with Crippen LogP contribution in [-0.2, 0) is 40.1 Å². The predicted octanol–water partition coefficient (Wildman–Crippen LogP) is 6.30. The molecule has 0 aromatic carbocycles. The molecule has 2 amide bonds. The number of carbonyl (C=O) groups is 2. The molecule has 0 radical (unpaired) electrons. The van der Waals surface area contributed by atoms with Crippen molar-refractivity contribution in [2.75, 3.05) is 16.4 Å². The van der Waals surface area contributed by atoms with Crippen LogP contribution < -0.4 is 10.6 Å². The minimum Gasteiger partial charge on any atom is -0.359 e. The number of aryl methyl sites for hydroxylation is 1. The molecule has 11 nitrogen and oxygen atoms in total. The van der Waals surface area contributed by atoms with Gasteiger partial charge in [0.15, 0.2) is 30.6 Å². The normalized spacial score (nSPS) is 13.9. The van der Waals surface area contributed by atoms with Crippen molar-refractivity contribution in [3.8, 4) is 0 Å². The summed E-state index contributed by atoms with van der Waals surface area (Å²) in [5, 5.41) is 7.82. The summed E-state index contributed by atoms with van der Waals surface area (Å²) in [4.78, 5) is 30.4. The summed E-state index contributed by atoms with van der Waals surface area (Å²) < 4.78 is 53.3. The van der Waals surface area contributed by atoms with E-state index in [1.807, 2.05) is 27.7 Å². The number of rotatable bonds is 10. The quantitative estimate of drug-likeness (QED) is 0.291. The smallest absolute Gasteiger partial charge is 0.246 e. The lowest BCUT2D eigenvalue weighted by Gasteiger charge is -2.24. The first-order valence-electron chi connectivity index (χ1n) is 15.1. The van der Waals surface area contributed by atoms with Gasteiger partial charge in [-0.25, -0.2) is 21.8 Å². The predicted molar refractivity (Wildman–Crippen MR) is 183 cm³/mol. The average molecular weight is 691 g/mol. The van der Waals surface area contributed by atoms with Crippen LogP contribution in [0.25, 0.3) is 0 Å². The Morgan fingerprint density at radius 2 is 1.42 bits per heavy atom. The van der Waals surface area contributed by atoms with E-state index in [4.69, 9.17) is 4.52 Å². The fourth-order valence-electron chi connectivity index (χ4n) is 4.19. The van der Waals surface area contributed by atoms with Crippen LogP contribution in [0.5, 0.6) is 0 Å². The van der Waals surface area contributed by atoms with Crippen molar-refractivity contribution in [1.82, 2.24) is 10.1 Å². The summed E-state index contributed by atoms with van der Waals surface area (Å²) >= 11 is 1.41. The second-order valence-corrected chi connectivity index (χ2v) is 21.2. The Morgan fingerprint density at radius 1 is 0.889 bits per heavy atom. The molecule has 2 N–H and O–H groups in total. The zero-order chi connectivity index (χ0) is 35.5. The molecule has 2 aromatic heterocycles. The lowest BCUT2D eigenvalue weighted by Crippen LogP contribution is -2.46. The number of nitrogens with one attached hydrogen (secondary N) is 2. The van der Waals surface area contributed by atoms with E-state index in [1.54, 1.807) is 47.6 Å². The minimum atomic E-state index is -3.57. The fraction of sp³-hybridized carbons (Fsp3) is 0.742. The van der Waals surface area contributed by atoms with Crippen LogP contribution in [0.3, 0.4) is 0 Å². The van der Waals surface area contributed by atoms with Gasteiger partial charge in [0.1, 0.15) is 15.8 Å². The van der Waals surface area contributed by atoms with Crippen LogP contribution >= 0.6 is 11.3 Å². The molecule has 0 fully saturated rings. The Balaban J connectivity index is 0.000000450. The zero-order valence-corrected chi connectivity index (χ0v) is 32.0. The van der Waals surface area contributed by atoms with Gasteiger partial charge in [0, 0.05) is 16.4 Å². The molecule has 0 saturated heterocycles. The van der Waals surface area contributed by atoms with E-state index in [0.29, 0.717) is 10.9 Å². The van der Waals surface area contributed by atoms with Crippen molar-refractivity contribution >= 4 is 53.8 Å². The van der Waals surface area contributed by atoms with Crippen LogP contribution in [0.1, 0.15) is 113 Å². The number of thiazole rings is 1. The van der Waals surface area contributed by atoms with Crippen LogP contribution in [0.2, 0.25) is 0 Å². The summed E-state index contributed by atoms with van der Waals surface area (Å²) in [5.41, 5.74) is 0.562. The molecule has 0 saturated carbocycles. The van der Waals surface area contributed by atoms with Gasteiger partial charge >= 0.3 is 0 Å². The largest absolute Gasteiger partial charge is 0.359 e. The molecule has 2 rings (SSSR count). The third-order valence-corrected chi connectivity index (χ3v) is 14.1. The SMILES string of the molecule is CC(C)CS(=O)(=O)C(C)(C)C(=O)Nc1cc(C(C)(C)C)on1.Cc1nc(NC(=O)C(C(C)C)S(=O)(=O)C(C)C)sc1C(C)(C)C. The Hall–Kier alpha value is -2.32. The second kappa shape index (κ2) is 14.6. The lowest BCUT2D eigenvalue weighted by molar-refractivity contribution is -0.118. The molecule has 2 aromatic rings. The van der Waals surface area contributed by atoms with E-state index < -0.39 is 46.7 Å². The standard InChI is InChI=1S/C16H28N2O3S2.C15H26N2O4S/c1-9(2)12(23(20,21)10(3)4)14(19)18-15-17-11(5)13(22-15)16(6,7)8;1-10(2)9-22(19,20)15(6,7)13(18)16-12-8-11(21-17-12)14(3,4)5/h9-10,12H,1-8H3,(H,17,18,19);8,10H,9H2,1-7H3,(H,16,17,18). The van der Waals surface area contributed by atoms with Crippen molar-refractivity contribution in [2.45, 2.75) is 130 Å². The van der Waals surface area contributed by atoms with Gasteiger partial charge in [-0.05, 0) is 51.9 Å². The van der Waals surface area contributed by atoms with Crippen molar-refractivity contribution in [3.05, 3.63) is 22.4 Å². The summed E-state index contributed by atoms with van der Waals surface area (Å²) in [6, 6.07) is 1.61. The van der Waals surface area contributed by atoms with Crippen LogP contribution in [0.15, 0.2) is 10.6 Å². The van der Waals surface area contributed by atoms with E-state index in [-0.39, 0.29) is 34.2 Å². The molecule has 1 atom stereocenters. The summed E-state index contributed by atoms with van der Waals surface area (Å²) in [7, 11) is -7.09. The molecule has 45 heavy (non-hydrogen) atoms. The van der Waals surface area contributed by atoms with Crippen molar-refractivity contribution in [1.29, 1.82) is 0 Å². The third kappa shape index (κ3) is 10.6. The monoisotopic (exact) mass is 690 g/mol. The van der Waals surface area contributed by atoms with E-state index in [2.05, 4.69) is 41.5 Å². The van der Waals surface area contributed by atoms with E-state index in [1.165, 1.54) is 25.2 Å². The van der Waals surface area contributed by atoms with E-state index >= 15 is 0 Å². The van der Waals surface area contributed by atoms with E-state index in [9.17, 15) is 26.4 Å². The topological polar surface area (TPSA) is 165 Å². The Bertz CT molecular complexity index is 1540. The second-order valence-electron chi connectivity index (χ2n) is 14.9. The van der Waals surface area contributed by atoms with Crippen LogP contribution in [-0.4, -0.2) is 59.8 Å². The van der Waals surface area contributed by atoms with Gasteiger partial charge in [-0.3, -0.25) is 9.59 Å². The zero-order valence-electron chi connectivity index (χ0n) is 29.6. The highest BCUT2D eigenvalue weighted by atomic mass is 32.2. The Morgan fingerprint density at radius 3 is 1.80 bits per heavy atom. The molecule has 2 heterocycles. The molecule has 0 aliphatic carbocycles. The highest BCUT2D eigenvalue weighted by Gasteiger charge is 2.42. The Kier molecular flexibility index (Phi) is 13.2. The maximum Gasteiger partial charge on any atom is 0.246 e. The van der Waals surface area contributed by atoms with Gasteiger partial charge in [0.05, 0.1) is 16.7 Å². The molecule has 258 valence electrons. The van der Waals surface area contributed by atoms with E-state index in [0.717, 1.165) is 10.6 Å². The Labute approximate surface area is 274 Å². The highest BCUT2D eigenvalue weighted by Crippen LogP contribution is 2.34. The van der Waals surface area contributed by atoms with Crippen LogP contribution in [0.4, 0.5) is 10.9 Å². The maximum absolute atomic E-state index is 12.6. The number of sulfone groups is 2. The number of anilines is 2. The number of carbonyl (C=O) groups excluding carboxylic acids is 2. The third-order valence-electron chi connectivity index (χ3n) is 6.95. The number of hydrogen-bond acceptors (Lipinski definition) is 10. The minimum absolute atomic E-state index is 0.0422. The summed E-state index contributed by atoms with van der Waals surface area (Å²) in [6.45, 7) is 27.1. The molecular weight excluding hydrogens is 637 g/mol. The van der Waals surface area contributed by atoms with Gasteiger partial charge in [-0.15, -0.1) is 11.3 Å². The van der Waals surface area contributed by atoms with Gasteiger partial charge in [0.2, 0.25) is 11.8 Å². The lowest BCUT2D eigenvalue weighted by atomic mass is 9.93. The molecule has 0 aliphatic rings. The molecule has 1 unspecified atom stereocenters. The van der Waals surface area contributed by atoms with Crippen molar-refractivity contribution in [3.63, 3.8) is 0 Å².